The van der Waals surface area contributed by atoms with Crippen molar-refractivity contribution in [1.82, 2.24) is 0 Å². The number of fused-ring (bicyclic) bond motifs is 1. The van der Waals surface area contributed by atoms with Gasteiger partial charge in [-0.25, -0.2) is 0 Å². The highest BCUT2D eigenvalue weighted by molar-refractivity contribution is 5.84. The Morgan fingerprint density at radius 3 is 2.69 bits per heavy atom. The minimum Gasteiger partial charge on any atom is -0.512 e. The molecular formula is C12H12O. The highest BCUT2D eigenvalue weighted by atomic mass is 16.3. The SMILES string of the molecule is C=C1/C(=C(\C)O)Cc2ccccc21. The summed E-state index contributed by atoms with van der Waals surface area (Å²) in [5, 5.41) is 9.41. The molecule has 0 heterocycles. The molecular weight excluding hydrogens is 160 g/mol. The van der Waals surface area contributed by atoms with Crippen LogP contribution in [0.2, 0.25) is 0 Å². The zero-order valence-corrected chi connectivity index (χ0v) is 7.67. The van der Waals surface area contributed by atoms with Gasteiger partial charge in [0.1, 0.15) is 0 Å². The predicted octanol–water partition coefficient (Wildman–Crippen LogP) is 3.09. The largest absolute Gasteiger partial charge is 0.512 e. The molecule has 1 aromatic carbocycles. The molecule has 0 unspecified atom stereocenters. The van der Waals surface area contributed by atoms with Crippen molar-refractivity contribution < 1.29 is 5.11 Å². The van der Waals surface area contributed by atoms with Crippen LogP contribution in [0.4, 0.5) is 0 Å². The van der Waals surface area contributed by atoms with Crippen molar-refractivity contribution in [2.45, 2.75) is 13.3 Å². The van der Waals surface area contributed by atoms with Gasteiger partial charge in [-0.1, -0.05) is 30.8 Å². The first-order valence-corrected chi connectivity index (χ1v) is 4.36. The monoisotopic (exact) mass is 172 g/mol. The molecule has 1 N–H and O–H groups in total. The molecule has 0 fully saturated rings. The molecule has 0 amide bonds. The Labute approximate surface area is 78.0 Å². The first-order valence-electron chi connectivity index (χ1n) is 4.36. The van der Waals surface area contributed by atoms with Crippen molar-refractivity contribution in [3.05, 3.63) is 53.3 Å². The van der Waals surface area contributed by atoms with Gasteiger partial charge in [0, 0.05) is 12.0 Å². The van der Waals surface area contributed by atoms with Crippen molar-refractivity contribution >= 4 is 5.57 Å². The number of hydrogen-bond donors (Lipinski definition) is 1. The standard InChI is InChI=1S/C12H12O/c1-8-11-6-4-3-5-10(11)7-12(8)9(2)13/h3-6,13H,1,7H2,2H3/b12-9+. The van der Waals surface area contributed by atoms with Crippen molar-refractivity contribution in [2.24, 2.45) is 0 Å². The topological polar surface area (TPSA) is 20.2 Å². The number of aliphatic hydroxyl groups is 1. The maximum atomic E-state index is 9.41. The van der Waals surface area contributed by atoms with E-state index in [2.05, 4.69) is 12.6 Å². The zero-order valence-electron chi connectivity index (χ0n) is 7.67. The second-order valence-electron chi connectivity index (χ2n) is 3.38. The van der Waals surface area contributed by atoms with E-state index in [1.807, 2.05) is 18.2 Å². The lowest BCUT2D eigenvalue weighted by molar-refractivity contribution is 0.409. The van der Waals surface area contributed by atoms with Crippen LogP contribution in [0.5, 0.6) is 0 Å². The van der Waals surface area contributed by atoms with Crippen molar-refractivity contribution in [3.8, 4) is 0 Å². The van der Waals surface area contributed by atoms with Crippen molar-refractivity contribution in [2.75, 3.05) is 0 Å². The summed E-state index contributed by atoms with van der Waals surface area (Å²) in [6.07, 6.45) is 0.817. The van der Waals surface area contributed by atoms with Gasteiger partial charge in [-0.2, -0.15) is 0 Å². The fourth-order valence-corrected chi connectivity index (χ4v) is 1.77. The average Bonchev–Trinajstić information content (AvgIpc) is 2.45. The molecule has 0 radical (unpaired) electrons. The highest BCUT2D eigenvalue weighted by Crippen LogP contribution is 2.36. The van der Waals surface area contributed by atoms with Gasteiger partial charge in [-0.3, -0.25) is 0 Å². The number of aliphatic hydroxyl groups excluding tert-OH is 1. The summed E-state index contributed by atoms with van der Waals surface area (Å²) in [6.45, 7) is 5.70. The molecule has 0 saturated heterocycles. The molecule has 0 bridgehead atoms. The Bertz CT molecular complexity index is 395. The third kappa shape index (κ3) is 1.17. The Hall–Kier alpha value is -1.50. The van der Waals surface area contributed by atoms with E-state index in [-0.39, 0.29) is 0 Å². The van der Waals surface area contributed by atoms with Crippen LogP contribution in [-0.2, 0) is 6.42 Å². The fraction of sp³-hybridized carbons (Fsp3) is 0.167. The van der Waals surface area contributed by atoms with E-state index in [4.69, 9.17) is 0 Å². The number of hydrogen-bond acceptors (Lipinski definition) is 1. The smallest absolute Gasteiger partial charge is 0.0932 e. The summed E-state index contributed by atoms with van der Waals surface area (Å²) in [5.74, 6) is 0.390. The third-order valence-electron chi connectivity index (χ3n) is 2.51. The normalized spacial score (nSPS) is 18.7. The summed E-state index contributed by atoms with van der Waals surface area (Å²) in [4.78, 5) is 0. The fourth-order valence-electron chi connectivity index (χ4n) is 1.77. The molecule has 1 aliphatic rings. The lowest BCUT2D eigenvalue weighted by atomic mass is 10.1. The molecule has 1 aromatic rings. The van der Waals surface area contributed by atoms with E-state index in [0.717, 1.165) is 17.6 Å². The lowest BCUT2D eigenvalue weighted by Crippen LogP contribution is -1.84. The van der Waals surface area contributed by atoms with Gasteiger partial charge in [0.25, 0.3) is 0 Å². The Balaban J connectivity index is 2.57. The van der Waals surface area contributed by atoms with Gasteiger partial charge in [0.05, 0.1) is 5.76 Å². The molecule has 0 saturated carbocycles. The van der Waals surface area contributed by atoms with Crippen molar-refractivity contribution in [3.63, 3.8) is 0 Å². The number of benzene rings is 1. The van der Waals surface area contributed by atoms with Gasteiger partial charge in [-0.15, -0.1) is 0 Å². The molecule has 66 valence electrons. The van der Waals surface area contributed by atoms with Crippen LogP contribution in [0, 0.1) is 0 Å². The maximum Gasteiger partial charge on any atom is 0.0932 e. The Morgan fingerprint density at radius 1 is 1.38 bits per heavy atom. The summed E-state index contributed by atoms with van der Waals surface area (Å²) < 4.78 is 0. The van der Waals surface area contributed by atoms with E-state index >= 15 is 0 Å². The van der Waals surface area contributed by atoms with Gasteiger partial charge >= 0.3 is 0 Å². The molecule has 13 heavy (non-hydrogen) atoms. The molecule has 1 nitrogen and oxygen atoms in total. The minimum atomic E-state index is 0.390. The van der Waals surface area contributed by atoms with Gasteiger partial charge < -0.3 is 5.11 Å². The molecule has 0 aliphatic heterocycles. The van der Waals surface area contributed by atoms with E-state index < -0.39 is 0 Å². The van der Waals surface area contributed by atoms with E-state index in [1.54, 1.807) is 6.92 Å². The average molecular weight is 172 g/mol. The summed E-state index contributed by atoms with van der Waals surface area (Å²) in [6, 6.07) is 8.14. The van der Waals surface area contributed by atoms with Crippen LogP contribution in [0.25, 0.3) is 5.57 Å². The quantitative estimate of drug-likeness (QED) is 0.596. The molecule has 1 aliphatic carbocycles. The predicted molar refractivity (Wildman–Crippen MR) is 54.5 cm³/mol. The molecule has 0 aromatic heterocycles. The molecule has 0 atom stereocenters. The van der Waals surface area contributed by atoms with Crippen LogP contribution < -0.4 is 0 Å². The first kappa shape index (κ1) is 8.11. The van der Waals surface area contributed by atoms with Gasteiger partial charge in [0.2, 0.25) is 0 Å². The summed E-state index contributed by atoms with van der Waals surface area (Å²) in [5.41, 5.74) is 4.37. The van der Waals surface area contributed by atoms with Crippen LogP contribution in [0.3, 0.4) is 0 Å². The second kappa shape index (κ2) is 2.77. The molecule has 1 heteroatoms. The number of rotatable bonds is 0. The Morgan fingerprint density at radius 2 is 2.08 bits per heavy atom. The molecule has 0 spiro atoms. The minimum absolute atomic E-state index is 0.390. The van der Waals surface area contributed by atoms with Crippen LogP contribution in [0.15, 0.2) is 42.2 Å². The van der Waals surface area contributed by atoms with E-state index in [9.17, 15) is 5.11 Å². The highest BCUT2D eigenvalue weighted by Gasteiger charge is 2.20. The summed E-state index contributed by atoms with van der Waals surface area (Å²) >= 11 is 0. The Kier molecular flexibility index (Phi) is 1.73. The van der Waals surface area contributed by atoms with E-state index in [0.29, 0.717) is 5.76 Å². The van der Waals surface area contributed by atoms with Gasteiger partial charge in [-0.05, 0) is 23.6 Å². The van der Waals surface area contributed by atoms with E-state index in [1.165, 1.54) is 11.1 Å². The first-order chi connectivity index (χ1) is 6.20. The van der Waals surface area contributed by atoms with Gasteiger partial charge in [0.15, 0.2) is 0 Å². The molecule has 2 rings (SSSR count). The lowest BCUT2D eigenvalue weighted by Gasteiger charge is -1.99. The maximum absolute atomic E-state index is 9.41. The third-order valence-corrected chi connectivity index (χ3v) is 2.51. The second-order valence-corrected chi connectivity index (χ2v) is 3.38. The van der Waals surface area contributed by atoms with Crippen LogP contribution >= 0.6 is 0 Å². The van der Waals surface area contributed by atoms with Crippen molar-refractivity contribution in [1.29, 1.82) is 0 Å². The van der Waals surface area contributed by atoms with Crippen LogP contribution in [-0.4, -0.2) is 5.11 Å². The number of allylic oxidation sites excluding steroid dienone is 3. The van der Waals surface area contributed by atoms with Crippen LogP contribution in [0.1, 0.15) is 18.1 Å². The summed E-state index contributed by atoms with van der Waals surface area (Å²) in [7, 11) is 0. The zero-order chi connectivity index (χ0) is 9.42.